The Balaban J connectivity index is 0.000000532. The predicted molar refractivity (Wildman–Crippen MR) is 143 cm³/mol. The van der Waals surface area contributed by atoms with Gasteiger partial charge in [-0.2, -0.15) is 13.2 Å². The zero-order valence-corrected chi connectivity index (χ0v) is 23.5. The van der Waals surface area contributed by atoms with Crippen LogP contribution in [-0.2, 0) is 19.8 Å². The second-order valence-electron chi connectivity index (χ2n) is 11.0. The minimum Gasteiger partial charge on any atom is -0.475 e. The van der Waals surface area contributed by atoms with Crippen molar-refractivity contribution < 1.29 is 32.7 Å². The Bertz CT molecular complexity index is 1280. The van der Waals surface area contributed by atoms with E-state index < -0.39 is 29.5 Å². The van der Waals surface area contributed by atoms with Crippen LogP contribution in [0.4, 0.5) is 18.9 Å². The van der Waals surface area contributed by atoms with Gasteiger partial charge in [-0.3, -0.25) is 9.59 Å². The number of nitrogens with one attached hydrogen (secondary N) is 2. The summed E-state index contributed by atoms with van der Waals surface area (Å²) in [5.74, 6) is -3.38. The van der Waals surface area contributed by atoms with E-state index in [4.69, 9.17) is 33.1 Å². The summed E-state index contributed by atoms with van der Waals surface area (Å²) in [6, 6.07) is 12.2. The van der Waals surface area contributed by atoms with Crippen molar-refractivity contribution in [2.45, 2.75) is 56.8 Å². The van der Waals surface area contributed by atoms with Gasteiger partial charge >= 0.3 is 12.1 Å². The van der Waals surface area contributed by atoms with Gasteiger partial charge in [0.05, 0.1) is 6.04 Å². The molecule has 2 heterocycles. The first-order valence-corrected chi connectivity index (χ1v) is 12.8. The molecule has 0 unspecified atom stereocenters. The fourth-order valence-corrected chi connectivity index (χ4v) is 5.76. The molecule has 212 valence electrons. The number of hydrogen-bond donors (Lipinski definition) is 3. The molecule has 0 saturated carbocycles. The maximum Gasteiger partial charge on any atom is 0.490 e. The van der Waals surface area contributed by atoms with E-state index in [-0.39, 0.29) is 23.3 Å². The number of benzene rings is 2. The molecular weight excluding hydrogens is 558 g/mol. The summed E-state index contributed by atoms with van der Waals surface area (Å²) in [7, 11) is 3.48. The molecule has 2 aromatic carbocycles. The lowest BCUT2D eigenvalue weighted by molar-refractivity contribution is -0.192. The van der Waals surface area contributed by atoms with E-state index in [1.807, 2.05) is 30.3 Å². The summed E-state index contributed by atoms with van der Waals surface area (Å²) in [4.78, 5) is 37.8. The molecule has 0 aliphatic carbocycles. The molecule has 1 saturated heterocycles. The number of amides is 2. The number of fused-ring (bicyclic) bond motifs is 2. The average molecular weight is 588 g/mol. The van der Waals surface area contributed by atoms with Crippen molar-refractivity contribution in [3.63, 3.8) is 0 Å². The Morgan fingerprint density at radius 1 is 1.05 bits per heavy atom. The number of aliphatic carboxylic acids is 1. The third kappa shape index (κ3) is 6.18. The SMILES string of the molecule is CN(C)C(=O)[C@@H]1N[C@H](CC(C)(C)C)[C@]2(C(=O)Nc3cc(Cl)ccc32)[C@H]1c1cccc(Cl)c1.O=C(O)C(F)(F)F. The molecule has 0 aromatic heterocycles. The van der Waals surface area contributed by atoms with E-state index in [0.29, 0.717) is 22.2 Å². The minimum atomic E-state index is -5.08. The van der Waals surface area contributed by atoms with Gasteiger partial charge in [-0.25, -0.2) is 4.79 Å². The smallest absolute Gasteiger partial charge is 0.475 e. The van der Waals surface area contributed by atoms with Crippen LogP contribution in [0.3, 0.4) is 0 Å². The van der Waals surface area contributed by atoms with E-state index in [2.05, 4.69) is 31.4 Å². The second-order valence-corrected chi connectivity index (χ2v) is 11.9. The van der Waals surface area contributed by atoms with Crippen LogP contribution < -0.4 is 10.6 Å². The largest absolute Gasteiger partial charge is 0.490 e. The van der Waals surface area contributed by atoms with Crippen molar-refractivity contribution in [1.82, 2.24) is 10.2 Å². The molecule has 7 nitrogen and oxygen atoms in total. The maximum absolute atomic E-state index is 13.9. The van der Waals surface area contributed by atoms with Crippen LogP contribution in [0.2, 0.25) is 10.0 Å². The topological polar surface area (TPSA) is 98.7 Å². The van der Waals surface area contributed by atoms with Gasteiger partial charge in [-0.15, -0.1) is 0 Å². The predicted octanol–water partition coefficient (Wildman–Crippen LogP) is 5.47. The molecule has 2 aliphatic rings. The zero-order chi connectivity index (χ0) is 29.5. The van der Waals surface area contributed by atoms with E-state index >= 15 is 0 Å². The van der Waals surface area contributed by atoms with Crippen LogP contribution in [0.15, 0.2) is 42.5 Å². The monoisotopic (exact) mass is 587 g/mol. The number of nitrogens with zero attached hydrogens (tertiary/aromatic N) is 1. The number of halogens is 5. The molecule has 12 heteroatoms. The number of likely N-dealkylation sites (N-methyl/N-ethyl adjacent to an activating group) is 1. The number of anilines is 1. The molecule has 0 bridgehead atoms. The van der Waals surface area contributed by atoms with E-state index in [1.165, 1.54) is 0 Å². The molecule has 4 rings (SSSR count). The average Bonchev–Trinajstić information content (AvgIpc) is 3.26. The van der Waals surface area contributed by atoms with Gasteiger partial charge in [0.2, 0.25) is 11.8 Å². The van der Waals surface area contributed by atoms with Gasteiger partial charge in [0.15, 0.2) is 0 Å². The molecule has 2 aromatic rings. The van der Waals surface area contributed by atoms with Crippen LogP contribution in [0.5, 0.6) is 0 Å². The van der Waals surface area contributed by atoms with E-state index in [1.54, 1.807) is 31.1 Å². The van der Waals surface area contributed by atoms with Gasteiger partial charge in [0.1, 0.15) is 5.41 Å². The minimum absolute atomic E-state index is 0.0685. The van der Waals surface area contributed by atoms with E-state index in [0.717, 1.165) is 11.1 Å². The molecule has 2 amide bonds. The van der Waals surface area contributed by atoms with Crippen molar-refractivity contribution in [1.29, 1.82) is 0 Å². The summed E-state index contributed by atoms with van der Waals surface area (Å²) in [6.07, 6.45) is -4.38. The fraction of sp³-hybridized carbons (Fsp3) is 0.444. The second kappa shape index (κ2) is 11.0. The first-order valence-electron chi connectivity index (χ1n) is 12.0. The Hall–Kier alpha value is -2.82. The standard InChI is InChI=1S/C25H29Cl2N3O2.C2HF3O2/c1-24(2,3)13-19-25(17-10-9-16(27)12-18(17)28-23(25)32)20(14-7-6-8-15(26)11-14)21(29-19)22(31)30(4)5;3-2(4,5)1(6)7/h6-12,19-21,29H,13H2,1-5H3,(H,28,32);(H,6,7)/t19-,20+,21-,25+;/m1./s1. The maximum atomic E-state index is 13.9. The molecule has 0 radical (unpaired) electrons. The van der Waals surface area contributed by atoms with Crippen LogP contribution in [0.25, 0.3) is 0 Å². The van der Waals surface area contributed by atoms with Gasteiger partial charge in [-0.05, 0) is 47.2 Å². The van der Waals surface area contributed by atoms with Gasteiger partial charge in [0, 0.05) is 41.8 Å². The highest BCUT2D eigenvalue weighted by atomic mass is 35.5. The van der Waals surface area contributed by atoms with Crippen molar-refractivity contribution in [2.75, 3.05) is 19.4 Å². The molecule has 1 fully saturated rings. The summed E-state index contributed by atoms with van der Waals surface area (Å²) in [5, 5.41) is 14.9. The number of carboxylic acid groups (broad SMARTS) is 1. The number of carboxylic acids is 1. The number of carbonyl (C=O) groups is 3. The molecule has 2 aliphatic heterocycles. The Labute approximate surface area is 234 Å². The lowest BCUT2D eigenvalue weighted by atomic mass is 9.62. The highest BCUT2D eigenvalue weighted by molar-refractivity contribution is 6.31. The first kappa shape index (κ1) is 30.7. The molecular formula is C27H30Cl2F3N3O4. The van der Waals surface area contributed by atoms with Gasteiger partial charge in [-0.1, -0.05) is 62.2 Å². The van der Waals surface area contributed by atoms with Crippen LogP contribution in [-0.4, -0.2) is 60.1 Å². The van der Waals surface area contributed by atoms with Crippen molar-refractivity contribution in [2.24, 2.45) is 5.41 Å². The number of carbonyl (C=O) groups excluding carboxylic acids is 2. The molecule has 3 N–H and O–H groups in total. The number of hydrogen-bond acceptors (Lipinski definition) is 4. The Morgan fingerprint density at radius 2 is 1.64 bits per heavy atom. The molecule has 39 heavy (non-hydrogen) atoms. The summed E-state index contributed by atoms with van der Waals surface area (Å²) < 4.78 is 31.7. The van der Waals surface area contributed by atoms with Crippen LogP contribution in [0, 0.1) is 5.41 Å². The quantitative estimate of drug-likeness (QED) is 0.442. The summed E-state index contributed by atoms with van der Waals surface area (Å²) in [6.45, 7) is 6.44. The Kier molecular flexibility index (Phi) is 8.65. The lowest BCUT2D eigenvalue weighted by Crippen LogP contribution is -2.49. The highest BCUT2D eigenvalue weighted by Gasteiger charge is 2.65. The lowest BCUT2D eigenvalue weighted by Gasteiger charge is -2.37. The van der Waals surface area contributed by atoms with Gasteiger partial charge < -0.3 is 20.6 Å². The summed E-state index contributed by atoms with van der Waals surface area (Å²) in [5.41, 5.74) is 1.38. The third-order valence-electron chi connectivity index (χ3n) is 6.78. The van der Waals surface area contributed by atoms with Crippen molar-refractivity contribution in [3.8, 4) is 0 Å². The number of rotatable bonds is 3. The summed E-state index contributed by atoms with van der Waals surface area (Å²) >= 11 is 12.6. The molecule has 4 atom stereocenters. The molecule has 1 spiro atoms. The Morgan fingerprint density at radius 3 is 2.15 bits per heavy atom. The van der Waals surface area contributed by atoms with Gasteiger partial charge in [0.25, 0.3) is 0 Å². The van der Waals surface area contributed by atoms with Crippen molar-refractivity contribution >= 4 is 46.7 Å². The number of alkyl halides is 3. The van der Waals surface area contributed by atoms with Crippen LogP contribution >= 0.6 is 23.2 Å². The first-order chi connectivity index (χ1) is 17.9. The fourth-order valence-electron chi connectivity index (χ4n) is 5.39. The zero-order valence-electron chi connectivity index (χ0n) is 22.0. The normalized spacial score (nSPS) is 24.1. The van der Waals surface area contributed by atoms with Crippen LogP contribution in [0.1, 0.15) is 44.2 Å². The van der Waals surface area contributed by atoms with E-state index in [9.17, 15) is 22.8 Å². The van der Waals surface area contributed by atoms with Crippen molar-refractivity contribution in [3.05, 3.63) is 63.6 Å². The highest BCUT2D eigenvalue weighted by Crippen LogP contribution is 2.56. The third-order valence-corrected chi connectivity index (χ3v) is 7.25.